The molecule has 0 unspecified atom stereocenters. The third kappa shape index (κ3) is 2.99. The number of aldehydes is 1. The van der Waals surface area contributed by atoms with E-state index in [1.54, 1.807) is 0 Å². The molecule has 5 nitrogen and oxygen atoms in total. The first-order chi connectivity index (χ1) is 9.92. The number of benzene rings is 2. The molecule has 21 heavy (non-hydrogen) atoms. The third-order valence-corrected chi connectivity index (χ3v) is 2.52. The molecule has 0 aliphatic rings. The number of hydrogen-bond acceptors (Lipinski definition) is 4. The van der Waals surface area contributed by atoms with E-state index in [0.717, 1.165) is 18.2 Å². The Morgan fingerprint density at radius 1 is 1.05 bits per heavy atom. The van der Waals surface area contributed by atoms with Crippen molar-refractivity contribution in [1.29, 1.82) is 0 Å². The summed E-state index contributed by atoms with van der Waals surface area (Å²) in [5.41, 5.74) is -1.26. The van der Waals surface area contributed by atoms with Gasteiger partial charge in [-0.05, 0) is 18.2 Å². The van der Waals surface area contributed by atoms with Crippen LogP contribution >= 0.6 is 0 Å². The van der Waals surface area contributed by atoms with Crippen molar-refractivity contribution in [2.75, 3.05) is 0 Å². The number of ether oxygens (including phenoxy) is 1. The molecule has 0 saturated carbocycles. The Kier molecular flexibility index (Phi) is 3.88. The van der Waals surface area contributed by atoms with Gasteiger partial charge in [0.1, 0.15) is 11.6 Å². The van der Waals surface area contributed by atoms with Gasteiger partial charge in [-0.1, -0.05) is 0 Å². The number of nitro groups is 1. The predicted molar refractivity (Wildman–Crippen MR) is 64.9 cm³/mol. The molecule has 0 amide bonds. The van der Waals surface area contributed by atoms with Gasteiger partial charge in [0.25, 0.3) is 0 Å². The number of carbonyl (C=O) groups excluding carboxylic acids is 1. The molecule has 0 fully saturated rings. The van der Waals surface area contributed by atoms with E-state index in [2.05, 4.69) is 0 Å². The average Bonchev–Trinajstić information content (AvgIpc) is 2.43. The fraction of sp³-hybridized carbons (Fsp3) is 0. The fourth-order valence-electron chi connectivity index (χ4n) is 1.56. The van der Waals surface area contributed by atoms with E-state index in [4.69, 9.17) is 4.74 Å². The average molecular weight is 297 g/mol. The van der Waals surface area contributed by atoms with E-state index in [9.17, 15) is 28.1 Å². The van der Waals surface area contributed by atoms with Crippen molar-refractivity contribution in [3.05, 3.63) is 63.5 Å². The van der Waals surface area contributed by atoms with Gasteiger partial charge in [0.05, 0.1) is 16.6 Å². The number of halogens is 3. The summed E-state index contributed by atoms with van der Waals surface area (Å²) >= 11 is 0. The molecule has 0 saturated heterocycles. The SMILES string of the molecule is O=Cc1cc(F)ccc1Oc1cc(F)c([N+](=O)[O-])cc1F. The molecule has 0 heterocycles. The first-order valence-corrected chi connectivity index (χ1v) is 5.48. The Bertz CT molecular complexity index is 734. The van der Waals surface area contributed by atoms with Crippen LogP contribution in [0.5, 0.6) is 11.5 Å². The molecule has 0 aliphatic carbocycles. The molecular formula is C13H6F3NO4. The molecule has 0 aliphatic heterocycles. The summed E-state index contributed by atoms with van der Waals surface area (Å²) in [5, 5.41) is 10.5. The second-order valence-corrected chi connectivity index (χ2v) is 3.89. The van der Waals surface area contributed by atoms with Gasteiger partial charge in [-0.25, -0.2) is 8.78 Å². The van der Waals surface area contributed by atoms with Crippen LogP contribution in [0.1, 0.15) is 10.4 Å². The van der Waals surface area contributed by atoms with Gasteiger partial charge in [-0.2, -0.15) is 4.39 Å². The summed E-state index contributed by atoms with van der Waals surface area (Å²) in [6.45, 7) is 0. The molecule has 108 valence electrons. The zero-order valence-electron chi connectivity index (χ0n) is 10.2. The topological polar surface area (TPSA) is 69.4 Å². The van der Waals surface area contributed by atoms with Crippen LogP contribution in [-0.2, 0) is 0 Å². The molecule has 0 N–H and O–H groups in total. The van der Waals surface area contributed by atoms with E-state index >= 15 is 0 Å². The molecule has 2 aromatic carbocycles. The summed E-state index contributed by atoms with van der Waals surface area (Å²) in [6, 6.07) is 3.70. The Hall–Kier alpha value is -2.90. The summed E-state index contributed by atoms with van der Waals surface area (Å²) in [6.07, 6.45) is 0.276. The van der Waals surface area contributed by atoms with Crippen LogP contribution in [-0.4, -0.2) is 11.2 Å². The first kappa shape index (κ1) is 14.5. The van der Waals surface area contributed by atoms with Crippen LogP contribution in [0.2, 0.25) is 0 Å². The highest BCUT2D eigenvalue weighted by molar-refractivity contribution is 5.79. The third-order valence-electron chi connectivity index (χ3n) is 2.52. The van der Waals surface area contributed by atoms with Crippen LogP contribution in [0.15, 0.2) is 30.3 Å². The van der Waals surface area contributed by atoms with E-state index in [1.807, 2.05) is 0 Å². The Morgan fingerprint density at radius 2 is 1.76 bits per heavy atom. The number of nitrogens with zero attached hydrogens (tertiary/aromatic N) is 1. The van der Waals surface area contributed by atoms with Crippen LogP contribution < -0.4 is 4.74 Å². The van der Waals surface area contributed by atoms with Crippen molar-refractivity contribution >= 4 is 12.0 Å². The number of carbonyl (C=O) groups is 1. The van der Waals surface area contributed by atoms with Crippen molar-refractivity contribution in [3.63, 3.8) is 0 Å². The minimum Gasteiger partial charge on any atom is -0.453 e. The molecule has 0 aromatic heterocycles. The fourth-order valence-corrected chi connectivity index (χ4v) is 1.56. The minimum absolute atomic E-state index is 0.210. The van der Waals surface area contributed by atoms with Gasteiger partial charge >= 0.3 is 5.69 Å². The lowest BCUT2D eigenvalue weighted by atomic mass is 10.2. The second kappa shape index (κ2) is 5.61. The highest BCUT2D eigenvalue weighted by Crippen LogP contribution is 2.31. The maximum atomic E-state index is 13.6. The van der Waals surface area contributed by atoms with Gasteiger partial charge < -0.3 is 4.74 Å². The molecular weight excluding hydrogens is 291 g/mol. The largest absolute Gasteiger partial charge is 0.453 e. The first-order valence-electron chi connectivity index (χ1n) is 5.48. The van der Waals surface area contributed by atoms with Gasteiger partial charge in [-0.15, -0.1) is 0 Å². The van der Waals surface area contributed by atoms with Crippen LogP contribution in [0.3, 0.4) is 0 Å². The van der Waals surface area contributed by atoms with Crippen molar-refractivity contribution in [2.24, 2.45) is 0 Å². The van der Waals surface area contributed by atoms with Crippen LogP contribution in [0, 0.1) is 27.6 Å². The van der Waals surface area contributed by atoms with Gasteiger partial charge in [0, 0.05) is 6.07 Å². The second-order valence-electron chi connectivity index (χ2n) is 3.89. The Balaban J connectivity index is 2.43. The highest BCUT2D eigenvalue weighted by Gasteiger charge is 2.20. The lowest BCUT2D eigenvalue weighted by Gasteiger charge is -2.09. The Labute approximate surface area is 115 Å². The monoisotopic (exact) mass is 297 g/mol. The van der Waals surface area contributed by atoms with Gasteiger partial charge in [-0.3, -0.25) is 14.9 Å². The molecule has 0 radical (unpaired) electrons. The minimum atomic E-state index is -1.30. The normalized spacial score (nSPS) is 10.2. The lowest BCUT2D eigenvalue weighted by Crippen LogP contribution is -1.98. The van der Waals surface area contributed by atoms with Crippen molar-refractivity contribution < 1.29 is 27.6 Å². The molecule has 0 atom stereocenters. The standard InChI is InChI=1S/C13H6F3NO4/c14-8-1-2-12(7(3-8)6-18)21-13-5-9(15)11(17(19)20)4-10(13)16/h1-6H. The van der Waals surface area contributed by atoms with E-state index in [1.165, 1.54) is 0 Å². The number of nitro benzene ring substituents is 1. The maximum absolute atomic E-state index is 13.6. The molecule has 2 rings (SSSR count). The van der Waals surface area contributed by atoms with E-state index in [0.29, 0.717) is 12.1 Å². The van der Waals surface area contributed by atoms with Gasteiger partial charge in [0.2, 0.25) is 5.82 Å². The van der Waals surface area contributed by atoms with Crippen LogP contribution in [0.4, 0.5) is 18.9 Å². The number of rotatable bonds is 4. The predicted octanol–water partition coefficient (Wildman–Crippen LogP) is 3.62. The van der Waals surface area contributed by atoms with E-state index in [-0.39, 0.29) is 17.6 Å². The molecule has 8 heteroatoms. The molecule has 0 bridgehead atoms. The maximum Gasteiger partial charge on any atom is 0.307 e. The summed E-state index contributed by atoms with van der Waals surface area (Å²) < 4.78 is 44.9. The molecule has 2 aromatic rings. The Morgan fingerprint density at radius 3 is 2.38 bits per heavy atom. The van der Waals surface area contributed by atoms with Crippen molar-refractivity contribution in [3.8, 4) is 11.5 Å². The summed E-state index contributed by atoms with van der Waals surface area (Å²) in [5.74, 6) is -4.07. The highest BCUT2D eigenvalue weighted by atomic mass is 19.1. The lowest BCUT2D eigenvalue weighted by molar-refractivity contribution is -0.387. The summed E-state index contributed by atoms with van der Waals surface area (Å²) in [4.78, 5) is 20.1. The summed E-state index contributed by atoms with van der Waals surface area (Å²) in [7, 11) is 0. The van der Waals surface area contributed by atoms with E-state index < -0.39 is 33.8 Å². The zero-order valence-corrected chi connectivity index (χ0v) is 10.2. The van der Waals surface area contributed by atoms with Crippen molar-refractivity contribution in [2.45, 2.75) is 0 Å². The smallest absolute Gasteiger partial charge is 0.307 e. The quantitative estimate of drug-likeness (QED) is 0.491. The van der Waals surface area contributed by atoms with Crippen molar-refractivity contribution in [1.82, 2.24) is 0 Å². The number of hydrogen-bond donors (Lipinski definition) is 0. The van der Waals surface area contributed by atoms with Gasteiger partial charge in [0.15, 0.2) is 17.9 Å². The molecule has 0 spiro atoms. The zero-order chi connectivity index (χ0) is 15.6. The van der Waals surface area contributed by atoms with Crippen LogP contribution in [0.25, 0.3) is 0 Å².